The van der Waals surface area contributed by atoms with Gasteiger partial charge in [-0.3, -0.25) is 4.79 Å². The molecule has 0 unspecified atom stereocenters. The molecule has 36 heavy (non-hydrogen) atoms. The predicted molar refractivity (Wildman–Crippen MR) is 137 cm³/mol. The van der Waals surface area contributed by atoms with Crippen molar-refractivity contribution in [1.82, 2.24) is 14.8 Å². The molecule has 2 aliphatic rings. The lowest BCUT2D eigenvalue weighted by molar-refractivity contribution is 0.102. The van der Waals surface area contributed by atoms with Crippen molar-refractivity contribution in [3.8, 4) is 16.9 Å². The van der Waals surface area contributed by atoms with Gasteiger partial charge in [-0.2, -0.15) is 5.10 Å². The summed E-state index contributed by atoms with van der Waals surface area (Å²) in [7, 11) is 0. The first-order valence-corrected chi connectivity index (χ1v) is 12.2. The summed E-state index contributed by atoms with van der Waals surface area (Å²) in [6.45, 7) is 2.67. The number of aryl methyl sites for hydroxylation is 2. The molecule has 1 N–H and O–H groups in total. The van der Waals surface area contributed by atoms with Crippen molar-refractivity contribution in [2.75, 3.05) is 36.5 Å². The summed E-state index contributed by atoms with van der Waals surface area (Å²) in [5, 5.41) is 7.82. The molecular weight excluding hydrogens is 481 g/mol. The number of nitrogens with one attached hydrogen (secondary N) is 1. The number of pyridine rings is 1. The molecule has 7 nitrogen and oxygen atoms in total. The van der Waals surface area contributed by atoms with Gasteiger partial charge >= 0.3 is 0 Å². The second-order valence-corrected chi connectivity index (χ2v) is 9.24. The minimum atomic E-state index is -0.377. The van der Waals surface area contributed by atoms with Crippen LogP contribution in [-0.2, 0) is 17.6 Å². The van der Waals surface area contributed by atoms with Gasteiger partial charge in [0.2, 0.25) is 0 Å². The molecule has 1 fully saturated rings. The van der Waals surface area contributed by atoms with E-state index in [1.165, 1.54) is 12.1 Å². The molecule has 6 rings (SSSR count). The Bertz CT molecular complexity index is 1450. The molecule has 0 saturated carbocycles. The normalized spacial score (nSPS) is 14.8. The molecule has 3 heterocycles. The van der Waals surface area contributed by atoms with Crippen molar-refractivity contribution in [2.24, 2.45) is 0 Å². The summed E-state index contributed by atoms with van der Waals surface area (Å²) < 4.78 is 20.7. The second-order valence-electron chi connectivity index (χ2n) is 8.83. The largest absolute Gasteiger partial charge is 0.378 e. The van der Waals surface area contributed by atoms with E-state index in [4.69, 9.17) is 16.3 Å². The number of carbonyl (C=O) groups is 1. The number of morpholine rings is 1. The first-order valence-electron chi connectivity index (χ1n) is 11.8. The van der Waals surface area contributed by atoms with Crippen LogP contribution >= 0.6 is 11.6 Å². The average Bonchev–Trinajstić information content (AvgIpc) is 3.35. The highest BCUT2D eigenvalue weighted by Gasteiger charge is 2.23. The number of ether oxygens (including phenoxy) is 1. The van der Waals surface area contributed by atoms with Crippen molar-refractivity contribution in [1.29, 1.82) is 0 Å². The molecule has 0 spiro atoms. The highest BCUT2D eigenvalue weighted by atomic mass is 35.5. The number of nitrogens with zero attached hydrogens (tertiary/aromatic N) is 4. The van der Waals surface area contributed by atoms with Crippen molar-refractivity contribution in [2.45, 2.75) is 12.8 Å². The topological polar surface area (TPSA) is 72.3 Å². The molecule has 1 saturated heterocycles. The Hall–Kier alpha value is -3.75. The average molecular weight is 504 g/mol. The fourth-order valence-electron chi connectivity index (χ4n) is 4.74. The lowest BCUT2D eigenvalue weighted by Gasteiger charge is -2.28. The lowest BCUT2D eigenvalue weighted by atomic mass is 9.90. The summed E-state index contributed by atoms with van der Waals surface area (Å²) in [5.41, 5.74) is 5.79. The number of fused-ring (bicyclic) bond motifs is 3. The van der Waals surface area contributed by atoms with E-state index in [2.05, 4.69) is 20.3 Å². The maximum absolute atomic E-state index is 13.5. The van der Waals surface area contributed by atoms with Crippen LogP contribution in [0.3, 0.4) is 0 Å². The smallest absolute Gasteiger partial charge is 0.275 e. The van der Waals surface area contributed by atoms with E-state index in [-0.39, 0.29) is 17.4 Å². The first-order chi connectivity index (χ1) is 17.6. The van der Waals surface area contributed by atoms with Crippen LogP contribution in [0.5, 0.6) is 0 Å². The van der Waals surface area contributed by atoms with Gasteiger partial charge in [-0.25, -0.2) is 14.1 Å². The fourth-order valence-corrected chi connectivity index (χ4v) is 4.93. The third-order valence-corrected chi connectivity index (χ3v) is 6.89. The second kappa shape index (κ2) is 9.37. The molecule has 182 valence electrons. The Labute approximate surface area is 212 Å². The molecule has 1 aliphatic carbocycles. The Morgan fingerprint density at radius 1 is 1.00 bits per heavy atom. The van der Waals surface area contributed by atoms with Gasteiger partial charge in [0.25, 0.3) is 5.91 Å². The molecule has 4 aromatic rings. The van der Waals surface area contributed by atoms with Crippen LogP contribution in [0.1, 0.15) is 21.6 Å². The van der Waals surface area contributed by atoms with Crippen LogP contribution in [0, 0.1) is 5.82 Å². The van der Waals surface area contributed by atoms with Crippen molar-refractivity contribution < 1.29 is 13.9 Å². The molecule has 0 atom stereocenters. The zero-order valence-electron chi connectivity index (χ0n) is 19.4. The number of anilines is 2. The number of carbonyl (C=O) groups excluding carboxylic acids is 1. The van der Waals surface area contributed by atoms with E-state index in [9.17, 15) is 9.18 Å². The summed E-state index contributed by atoms with van der Waals surface area (Å²) in [6.07, 6.45) is 3.59. The van der Waals surface area contributed by atoms with Gasteiger partial charge in [-0.05, 0) is 72.5 Å². The van der Waals surface area contributed by atoms with Crippen LogP contribution in [0.25, 0.3) is 16.9 Å². The number of amides is 1. The molecule has 1 aliphatic heterocycles. The van der Waals surface area contributed by atoms with E-state index in [1.54, 1.807) is 18.2 Å². The van der Waals surface area contributed by atoms with E-state index in [1.807, 2.05) is 35.1 Å². The fraction of sp³-hybridized carbons (Fsp3) is 0.222. The zero-order chi connectivity index (χ0) is 24.6. The van der Waals surface area contributed by atoms with Crippen LogP contribution in [0.4, 0.5) is 15.9 Å². The third-order valence-electron chi connectivity index (χ3n) is 6.58. The molecule has 0 bridgehead atoms. The summed E-state index contributed by atoms with van der Waals surface area (Å²) in [4.78, 5) is 19.8. The van der Waals surface area contributed by atoms with Crippen LogP contribution < -0.4 is 10.2 Å². The third kappa shape index (κ3) is 4.23. The van der Waals surface area contributed by atoms with Crippen molar-refractivity contribution in [3.63, 3.8) is 0 Å². The quantitative estimate of drug-likeness (QED) is 0.428. The van der Waals surface area contributed by atoms with Crippen LogP contribution in [-0.4, -0.2) is 47.0 Å². The van der Waals surface area contributed by atoms with Crippen LogP contribution in [0.2, 0.25) is 5.02 Å². The summed E-state index contributed by atoms with van der Waals surface area (Å²) in [5.74, 6) is 0.0272. The zero-order valence-corrected chi connectivity index (χ0v) is 20.1. The molecule has 0 radical (unpaired) electrons. The first kappa shape index (κ1) is 22.7. The lowest BCUT2D eigenvalue weighted by Crippen LogP contribution is -2.37. The Morgan fingerprint density at radius 3 is 2.58 bits per heavy atom. The van der Waals surface area contributed by atoms with Crippen LogP contribution in [0.15, 0.2) is 60.8 Å². The Kier molecular flexibility index (Phi) is 5.91. The molecule has 2 aromatic heterocycles. The maximum Gasteiger partial charge on any atom is 0.275 e. The highest BCUT2D eigenvalue weighted by Crippen LogP contribution is 2.37. The molecule has 1 amide bonds. The predicted octanol–water partition coefficient (Wildman–Crippen LogP) is 4.91. The number of hydrogen-bond donors (Lipinski definition) is 1. The monoisotopic (exact) mass is 503 g/mol. The van der Waals surface area contributed by atoms with Gasteiger partial charge in [0.1, 0.15) is 17.3 Å². The van der Waals surface area contributed by atoms with Gasteiger partial charge in [0.05, 0.1) is 35.8 Å². The highest BCUT2D eigenvalue weighted by molar-refractivity contribution is 6.34. The standard InChI is InChI=1S/C27H23ClFN5O2/c28-23-9-10-24(33-11-13-36-14-12-33)32-25(23)27(35)31-20-6-3-17-1-2-18-16-30-34(26(18)22(17)15-20)21-7-4-19(29)5-8-21/h3-10,15-16H,1-2,11-14H2,(H,31,35). The minimum absolute atomic E-state index is 0.176. The van der Waals surface area contributed by atoms with Gasteiger partial charge < -0.3 is 15.0 Å². The van der Waals surface area contributed by atoms with E-state index in [0.29, 0.717) is 42.8 Å². The number of hydrogen-bond acceptors (Lipinski definition) is 5. The number of aromatic nitrogens is 3. The number of halogens is 2. The van der Waals surface area contributed by atoms with Crippen molar-refractivity contribution in [3.05, 3.63) is 88.5 Å². The number of benzene rings is 2. The van der Waals surface area contributed by atoms with E-state index >= 15 is 0 Å². The number of rotatable bonds is 4. The minimum Gasteiger partial charge on any atom is -0.378 e. The molecule has 2 aromatic carbocycles. The van der Waals surface area contributed by atoms with E-state index < -0.39 is 0 Å². The Morgan fingerprint density at radius 2 is 1.78 bits per heavy atom. The van der Waals surface area contributed by atoms with Gasteiger partial charge in [-0.15, -0.1) is 0 Å². The molecule has 9 heteroatoms. The summed E-state index contributed by atoms with van der Waals surface area (Å²) >= 11 is 6.36. The SMILES string of the molecule is O=C(Nc1ccc2c(c1)-c1c(cnn1-c1ccc(F)cc1)CC2)c1nc(N2CCOCC2)ccc1Cl. The Balaban J connectivity index is 1.31. The van der Waals surface area contributed by atoms with Gasteiger partial charge in [0.15, 0.2) is 0 Å². The molecular formula is C27H23ClFN5O2. The van der Waals surface area contributed by atoms with Crippen molar-refractivity contribution >= 4 is 29.0 Å². The maximum atomic E-state index is 13.5. The van der Waals surface area contributed by atoms with E-state index in [0.717, 1.165) is 40.9 Å². The summed E-state index contributed by atoms with van der Waals surface area (Å²) in [6, 6.07) is 15.6. The van der Waals surface area contributed by atoms with Gasteiger partial charge in [-0.1, -0.05) is 17.7 Å². The van der Waals surface area contributed by atoms with Gasteiger partial charge in [0, 0.05) is 24.3 Å².